The molecule has 5 nitrogen and oxygen atoms in total. The van der Waals surface area contributed by atoms with E-state index in [-0.39, 0.29) is 17.9 Å². The van der Waals surface area contributed by atoms with Crippen molar-refractivity contribution in [3.63, 3.8) is 0 Å². The van der Waals surface area contributed by atoms with E-state index in [2.05, 4.69) is 5.32 Å². The van der Waals surface area contributed by atoms with Gasteiger partial charge in [-0.2, -0.15) is 17.5 Å². The Bertz CT molecular complexity index is 990. The number of halogens is 4. The molecule has 1 atom stereocenters. The fraction of sp³-hybridized carbons (Fsp3) is 0.350. The lowest BCUT2D eigenvalue weighted by atomic mass is 10.1. The second-order valence-corrected chi connectivity index (χ2v) is 8.89. The molecule has 1 aliphatic heterocycles. The van der Waals surface area contributed by atoms with Crippen molar-refractivity contribution in [2.45, 2.75) is 42.9 Å². The largest absolute Gasteiger partial charge is 0.416 e. The minimum absolute atomic E-state index is 0.201. The number of hydrogen-bond acceptors (Lipinski definition) is 3. The first-order chi connectivity index (χ1) is 14.1. The molecule has 1 aliphatic rings. The number of nitrogens with one attached hydrogen (secondary N) is 1. The zero-order valence-electron chi connectivity index (χ0n) is 15.8. The Kier molecular flexibility index (Phi) is 6.47. The SMILES string of the molecule is O=C1NCCCC[C@H]1N(Cc1ccc(C(F)(F)F)cc1)S(=O)(=O)c1ccc(F)cc1. The van der Waals surface area contributed by atoms with Crippen molar-refractivity contribution < 1.29 is 30.8 Å². The second-order valence-electron chi connectivity index (χ2n) is 7.00. The van der Waals surface area contributed by atoms with Gasteiger partial charge in [0, 0.05) is 13.1 Å². The molecular weight excluding hydrogens is 424 g/mol. The molecule has 0 bridgehead atoms. The van der Waals surface area contributed by atoms with E-state index >= 15 is 0 Å². The molecule has 1 heterocycles. The molecule has 30 heavy (non-hydrogen) atoms. The highest BCUT2D eigenvalue weighted by Crippen LogP contribution is 2.30. The summed E-state index contributed by atoms with van der Waals surface area (Å²) in [6, 6.07) is 7.26. The van der Waals surface area contributed by atoms with Gasteiger partial charge < -0.3 is 5.32 Å². The van der Waals surface area contributed by atoms with Gasteiger partial charge in [0.05, 0.1) is 10.5 Å². The van der Waals surface area contributed by atoms with Gasteiger partial charge in [-0.15, -0.1) is 0 Å². The Morgan fingerprint density at radius 3 is 2.23 bits per heavy atom. The molecular formula is C20H20F4N2O3S. The number of carbonyl (C=O) groups is 1. The highest BCUT2D eigenvalue weighted by Gasteiger charge is 2.37. The van der Waals surface area contributed by atoms with Crippen LogP contribution < -0.4 is 5.32 Å². The lowest BCUT2D eigenvalue weighted by Gasteiger charge is -2.29. The van der Waals surface area contributed by atoms with Crippen LogP contribution in [0.2, 0.25) is 0 Å². The van der Waals surface area contributed by atoms with Crippen LogP contribution >= 0.6 is 0 Å². The van der Waals surface area contributed by atoms with Crippen molar-refractivity contribution in [3.8, 4) is 0 Å². The molecule has 0 radical (unpaired) electrons. The van der Waals surface area contributed by atoms with Crippen molar-refractivity contribution in [2.75, 3.05) is 6.54 Å². The lowest BCUT2D eigenvalue weighted by Crippen LogP contribution is -2.48. The number of alkyl halides is 3. The smallest absolute Gasteiger partial charge is 0.355 e. The van der Waals surface area contributed by atoms with Crippen molar-refractivity contribution in [1.29, 1.82) is 0 Å². The van der Waals surface area contributed by atoms with E-state index in [1.54, 1.807) is 0 Å². The maximum absolute atomic E-state index is 13.3. The number of benzene rings is 2. The molecule has 10 heteroatoms. The van der Waals surface area contributed by atoms with Crippen molar-refractivity contribution >= 4 is 15.9 Å². The highest BCUT2D eigenvalue weighted by molar-refractivity contribution is 7.89. The maximum atomic E-state index is 13.3. The van der Waals surface area contributed by atoms with Crippen LogP contribution in [0, 0.1) is 5.82 Å². The van der Waals surface area contributed by atoms with E-state index in [9.17, 15) is 30.8 Å². The monoisotopic (exact) mass is 444 g/mol. The molecule has 162 valence electrons. The molecule has 0 unspecified atom stereocenters. The summed E-state index contributed by atoms with van der Waals surface area (Å²) in [5.74, 6) is -1.08. The third-order valence-electron chi connectivity index (χ3n) is 4.89. The van der Waals surface area contributed by atoms with Crippen molar-refractivity contribution in [1.82, 2.24) is 9.62 Å². The zero-order valence-corrected chi connectivity index (χ0v) is 16.6. The van der Waals surface area contributed by atoms with Crippen LogP contribution in [0.4, 0.5) is 17.6 Å². The van der Waals surface area contributed by atoms with E-state index in [1.807, 2.05) is 0 Å². The minimum Gasteiger partial charge on any atom is -0.355 e. The van der Waals surface area contributed by atoms with Crippen LogP contribution in [0.15, 0.2) is 53.4 Å². The van der Waals surface area contributed by atoms with Gasteiger partial charge in [-0.05, 0) is 61.2 Å². The fourth-order valence-corrected chi connectivity index (χ4v) is 4.89. The van der Waals surface area contributed by atoms with Crippen LogP contribution in [0.25, 0.3) is 0 Å². The number of sulfonamides is 1. The molecule has 1 fully saturated rings. The highest BCUT2D eigenvalue weighted by atomic mass is 32.2. The standard InChI is InChI=1S/C20H20F4N2O3S/c21-16-8-10-17(11-9-16)30(28,29)26(18-3-1-2-12-25-19(18)27)13-14-4-6-15(7-5-14)20(22,23)24/h4-11,18H,1-3,12-13H2,(H,25,27)/t18-/m1/s1. The predicted octanol–water partition coefficient (Wildman–Crippen LogP) is 3.70. The van der Waals surface area contributed by atoms with Crippen LogP contribution in [0.5, 0.6) is 0 Å². The van der Waals surface area contributed by atoms with Gasteiger partial charge in [-0.25, -0.2) is 12.8 Å². The first kappa shape index (κ1) is 22.2. The average Bonchev–Trinajstić information content (AvgIpc) is 2.90. The van der Waals surface area contributed by atoms with Crippen molar-refractivity contribution in [3.05, 3.63) is 65.5 Å². The van der Waals surface area contributed by atoms with Gasteiger partial charge in [0.2, 0.25) is 15.9 Å². The molecule has 2 aromatic rings. The summed E-state index contributed by atoms with van der Waals surface area (Å²) in [6.45, 7) is 0.121. The molecule has 1 saturated heterocycles. The number of rotatable bonds is 5. The maximum Gasteiger partial charge on any atom is 0.416 e. The summed E-state index contributed by atoms with van der Waals surface area (Å²) in [6.07, 6.45) is -2.95. The van der Waals surface area contributed by atoms with Crippen LogP contribution in [0.1, 0.15) is 30.4 Å². The van der Waals surface area contributed by atoms with Gasteiger partial charge in [-0.1, -0.05) is 12.1 Å². The normalized spacial score (nSPS) is 18.2. The van der Waals surface area contributed by atoms with Gasteiger partial charge in [0.15, 0.2) is 0 Å². The Morgan fingerprint density at radius 1 is 1.00 bits per heavy atom. The average molecular weight is 444 g/mol. The number of hydrogen-bond donors (Lipinski definition) is 1. The molecule has 1 N–H and O–H groups in total. The molecule has 1 amide bonds. The van der Waals surface area contributed by atoms with Crippen LogP contribution in [0.3, 0.4) is 0 Å². The van der Waals surface area contributed by atoms with Gasteiger partial charge in [-0.3, -0.25) is 4.79 Å². The quantitative estimate of drug-likeness (QED) is 0.716. The van der Waals surface area contributed by atoms with Gasteiger partial charge >= 0.3 is 6.18 Å². The molecule has 2 aromatic carbocycles. The summed E-state index contributed by atoms with van der Waals surface area (Å²) in [4.78, 5) is 12.3. The minimum atomic E-state index is -4.51. The second kappa shape index (κ2) is 8.73. The summed E-state index contributed by atoms with van der Waals surface area (Å²) in [7, 11) is -4.22. The van der Waals surface area contributed by atoms with E-state index in [1.165, 1.54) is 12.1 Å². The molecule has 0 saturated carbocycles. The first-order valence-corrected chi connectivity index (χ1v) is 10.7. The third-order valence-corrected chi connectivity index (χ3v) is 6.76. The number of nitrogens with zero attached hydrogens (tertiary/aromatic N) is 1. The van der Waals surface area contributed by atoms with E-state index in [0.717, 1.165) is 40.7 Å². The molecule has 0 spiro atoms. The first-order valence-electron chi connectivity index (χ1n) is 9.30. The van der Waals surface area contributed by atoms with E-state index < -0.39 is 39.5 Å². The van der Waals surface area contributed by atoms with E-state index in [0.29, 0.717) is 24.9 Å². The summed E-state index contributed by atoms with van der Waals surface area (Å²) in [5.41, 5.74) is -0.558. The molecule has 3 rings (SSSR count). The summed E-state index contributed by atoms with van der Waals surface area (Å²) in [5, 5.41) is 2.67. The van der Waals surface area contributed by atoms with Gasteiger partial charge in [0.25, 0.3) is 0 Å². The summed E-state index contributed by atoms with van der Waals surface area (Å²) >= 11 is 0. The topological polar surface area (TPSA) is 66.5 Å². The summed E-state index contributed by atoms with van der Waals surface area (Å²) < 4.78 is 79.3. The Labute approximate surface area is 171 Å². The molecule has 0 aromatic heterocycles. The fourth-order valence-electron chi connectivity index (χ4n) is 3.28. The van der Waals surface area contributed by atoms with Crippen molar-refractivity contribution in [2.24, 2.45) is 0 Å². The number of amides is 1. The zero-order chi connectivity index (χ0) is 21.9. The Balaban J connectivity index is 1.99. The lowest BCUT2D eigenvalue weighted by molar-refractivity contribution is -0.137. The van der Waals surface area contributed by atoms with Crippen LogP contribution in [-0.4, -0.2) is 31.2 Å². The predicted molar refractivity (Wildman–Crippen MR) is 101 cm³/mol. The Hall–Kier alpha value is -2.46. The van der Waals surface area contributed by atoms with Crippen LogP contribution in [-0.2, 0) is 27.5 Å². The number of carbonyl (C=O) groups excluding carboxylic acids is 1. The van der Waals surface area contributed by atoms with E-state index in [4.69, 9.17) is 0 Å². The Morgan fingerprint density at radius 2 is 1.63 bits per heavy atom. The van der Waals surface area contributed by atoms with Gasteiger partial charge in [0.1, 0.15) is 11.9 Å². The molecule has 0 aliphatic carbocycles. The third kappa shape index (κ3) is 4.99.